The zero-order valence-electron chi connectivity index (χ0n) is 14.0. The summed E-state index contributed by atoms with van der Waals surface area (Å²) in [4.78, 5) is 28.1. The molecule has 1 aliphatic heterocycles. The fraction of sp³-hybridized carbons (Fsp3) is 0.474. The van der Waals surface area contributed by atoms with Gasteiger partial charge in [0.15, 0.2) is 0 Å². The Labute approximate surface area is 142 Å². The molecule has 1 aliphatic carbocycles. The van der Waals surface area contributed by atoms with Gasteiger partial charge in [-0.25, -0.2) is 9.97 Å². The van der Waals surface area contributed by atoms with Gasteiger partial charge in [-0.1, -0.05) is 6.92 Å². The summed E-state index contributed by atoms with van der Waals surface area (Å²) in [6.07, 6.45) is 8.42. The molecule has 1 fully saturated rings. The van der Waals surface area contributed by atoms with Crippen LogP contribution in [0.15, 0.2) is 24.7 Å². The lowest BCUT2D eigenvalue weighted by molar-refractivity contribution is 0.0762. The van der Waals surface area contributed by atoms with Crippen molar-refractivity contribution in [2.45, 2.75) is 44.9 Å². The Balaban J connectivity index is 1.52. The van der Waals surface area contributed by atoms with E-state index in [-0.39, 0.29) is 5.91 Å². The van der Waals surface area contributed by atoms with Crippen molar-refractivity contribution in [3.63, 3.8) is 0 Å². The number of carbonyl (C=O) groups excluding carboxylic acids is 1. The molecule has 24 heavy (non-hydrogen) atoms. The first-order valence-electron chi connectivity index (χ1n) is 8.83. The highest BCUT2D eigenvalue weighted by Gasteiger charge is 2.30. The number of fused-ring (bicyclic) bond motifs is 1. The van der Waals surface area contributed by atoms with Crippen LogP contribution in [0.25, 0.3) is 0 Å². The number of hydrogen-bond donors (Lipinski definition) is 0. The molecule has 0 aromatic carbocycles. The smallest absolute Gasteiger partial charge is 0.255 e. The second-order valence-corrected chi connectivity index (χ2v) is 6.64. The molecular weight excluding hydrogens is 300 g/mol. The van der Waals surface area contributed by atoms with E-state index in [1.54, 1.807) is 12.5 Å². The molecule has 2 aromatic heterocycles. The van der Waals surface area contributed by atoms with Gasteiger partial charge in [-0.05, 0) is 43.4 Å². The Morgan fingerprint density at radius 2 is 2.00 bits per heavy atom. The van der Waals surface area contributed by atoms with Crippen LogP contribution >= 0.6 is 0 Å². The average Bonchev–Trinajstić information content (AvgIpc) is 3.47. The molecule has 1 saturated carbocycles. The zero-order chi connectivity index (χ0) is 16.5. The van der Waals surface area contributed by atoms with Crippen molar-refractivity contribution in [3.05, 3.63) is 52.9 Å². The quantitative estimate of drug-likeness (QED) is 0.871. The van der Waals surface area contributed by atoms with Crippen LogP contribution < -0.4 is 0 Å². The molecule has 1 amide bonds. The fourth-order valence-corrected chi connectivity index (χ4v) is 3.41. The Bertz CT molecular complexity index is 752. The summed E-state index contributed by atoms with van der Waals surface area (Å²) in [5.41, 5.74) is 5.32. The summed E-state index contributed by atoms with van der Waals surface area (Å²) in [5.74, 6) is 0.689. The average molecular weight is 322 g/mol. The Morgan fingerprint density at radius 3 is 2.71 bits per heavy atom. The van der Waals surface area contributed by atoms with Gasteiger partial charge in [0.25, 0.3) is 5.91 Å². The molecule has 4 rings (SSSR count). The van der Waals surface area contributed by atoms with Crippen molar-refractivity contribution in [1.29, 1.82) is 0 Å². The molecule has 0 bridgehead atoms. The van der Waals surface area contributed by atoms with Crippen molar-refractivity contribution < 1.29 is 4.79 Å². The van der Waals surface area contributed by atoms with Gasteiger partial charge in [-0.2, -0.15) is 0 Å². The maximum absolute atomic E-state index is 12.8. The van der Waals surface area contributed by atoms with Crippen LogP contribution in [0.2, 0.25) is 0 Å². The van der Waals surface area contributed by atoms with Crippen molar-refractivity contribution in [2.24, 2.45) is 0 Å². The molecule has 0 atom stereocenters. The highest BCUT2D eigenvalue weighted by atomic mass is 16.2. The maximum Gasteiger partial charge on any atom is 0.255 e. The first-order valence-corrected chi connectivity index (χ1v) is 8.83. The lowest BCUT2D eigenvalue weighted by atomic mass is 10.0. The minimum atomic E-state index is 0.0684. The summed E-state index contributed by atoms with van der Waals surface area (Å²) in [5, 5.41) is 0. The van der Waals surface area contributed by atoms with Crippen molar-refractivity contribution in [1.82, 2.24) is 19.9 Å². The number of nitrogens with zero attached hydrogens (tertiary/aromatic N) is 4. The van der Waals surface area contributed by atoms with E-state index in [9.17, 15) is 4.79 Å². The lowest BCUT2D eigenvalue weighted by Crippen LogP contribution is -2.33. The van der Waals surface area contributed by atoms with E-state index >= 15 is 0 Å². The van der Waals surface area contributed by atoms with Crippen molar-refractivity contribution in [3.8, 4) is 0 Å². The van der Waals surface area contributed by atoms with Crippen molar-refractivity contribution >= 4 is 5.91 Å². The van der Waals surface area contributed by atoms with E-state index in [0.717, 1.165) is 37.2 Å². The molecule has 0 saturated heterocycles. The SMILES string of the molecule is CCc1ccc(C(=O)N2CCc3ncnc(C4CC4)c3CC2)cn1. The molecule has 0 radical (unpaired) electrons. The lowest BCUT2D eigenvalue weighted by Gasteiger charge is -2.20. The molecule has 0 N–H and O–H groups in total. The first kappa shape index (κ1) is 15.2. The van der Waals surface area contributed by atoms with Gasteiger partial charge in [0.2, 0.25) is 0 Å². The Morgan fingerprint density at radius 1 is 1.17 bits per heavy atom. The second-order valence-electron chi connectivity index (χ2n) is 6.64. The first-order chi connectivity index (χ1) is 11.8. The number of hydrogen-bond acceptors (Lipinski definition) is 4. The summed E-state index contributed by atoms with van der Waals surface area (Å²) in [6.45, 7) is 3.51. The normalized spacial score (nSPS) is 17.3. The minimum Gasteiger partial charge on any atom is -0.338 e. The number of aromatic nitrogens is 3. The van der Waals surface area contributed by atoms with Crippen molar-refractivity contribution in [2.75, 3.05) is 13.1 Å². The van der Waals surface area contributed by atoms with Crippen LogP contribution in [0, 0.1) is 0 Å². The van der Waals surface area contributed by atoms with Crippen LogP contribution in [0.5, 0.6) is 0 Å². The van der Waals surface area contributed by atoms with Crippen LogP contribution in [-0.2, 0) is 19.3 Å². The van der Waals surface area contributed by atoms with E-state index in [1.807, 2.05) is 17.0 Å². The van der Waals surface area contributed by atoms with E-state index in [2.05, 4.69) is 21.9 Å². The van der Waals surface area contributed by atoms with Crippen LogP contribution in [0.4, 0.5) is 0 Å². The number of carbonyl (C=O) groups is 1. The summed E-state index contributed by atoms with van der Waals surface area (Å²) < 4.78 is 0. The number of rotatable bonds is 3. The van der Waals surface area contributed by atoms with Gasteiger partial charge < -0.3 is 4.90 Å². The summed E-state index contributed by atoms with van der Waals surface area (Å²) in [6, 6.07) is 3.83. The highest BCUT2D eigenvalue weighted by molar-refractivity contribution is 5.94. The Kier molecular flexibility index (Phi) is 4.00. The zero-order valence-corrected chi connectivity index (χ0v) is 14.0. The predicted molar refractivity (Wildman–Crippen MR) is 90.9 cm³/mol. The standard InChI is InChI=1S/C19H22N4O/c1-2-15-6-5-14(11-20-15)19(24)23-9-7-16-17(8-10-23)21-12-22-18(16)13-3-4-13/h5-6,11-13H,2-4,7-10H2,1H3. The summed E-state index contributed by atoms with van der Waals surface area (Å²) >= 11 is 0. The number of aryl methyl sites for hydroxylation is 1. The molecule has 0 unspecified atom stereocenters. The minimum absolute atomic E-state index is 0.0684. The van der Waals surface area contributed by atoms with E-state index in [0.29, 0.717) is 18.0 Å². The van der Waals surface area contributed by atoms with Gasteiger partial charge in [0.05, 0.1) is 11.3 Å². The Hall–Kier alpha value is -2.30. The van der Waals surface area contributed by atoms with Gasteiger partial charge in [-0.15, -0.1) is 0 Å². The monoisotopic (exact) mass is 322 g/mol. The van der Waals surface area contributed by atoms with Gasteiger partial charge >= 0.3 is 0 Å². The molecular formula is C19H22N4O. The van der Waals surface area contributed by atoms with Crippen LogP contribution in [0.1, 0.15) is 58.7 Å². The third-order valence-corrected chi connectivity index (χ3v) is 5.00. The van der Waals surface area contributed by atoms with Gasteiger partial charge in [0.1, 0.15) is 6.33 Å². The highest BCUT2D eigenvalue weighted by Crippen LogP contribution is 2.41. The van der Waals surface area contributed by atoms with Gasteiger partial charge in [-0.3, -0.25) is 9.78 Å². The molecule has 5 heteroatoms. The molecule has 5 nitrogen and oxygen atoms in total. The largest absolute Gasteiger partial charge is 0.338 e. The van der Waals surface area contributed by atoms with Crippen LogP contribution in [-0.4, -0.2) is 38.8 Å². The second kappa shape index (κ2) is 6.30. The summed E-state index contributed by atoms with van der Waals surface area (Å²) in [7, 11) is 0. The van der Waals surface area contributed by atoms with E-state index in [1.165, 1.54) is 24.1 Å². The fourth-order valence-electron chi connectivity index (χ4n) is 3.41. The number of pyridine rings is 1. The van der Waals surface area contributed by atoms with Gasteiger partial charge in [0, 0.05) is 43.0 Å². The van der Waals surface area contributed by atoms with E-state index < -0.39 is 0 Å². The van der Waals surface area contributed by atoms with Crippen LogP contribution in [0.3, 0.4) is 0 Å². The molecule has 2 aromatic rings. The third-order valence-electron chi connectivity index (χ3n) is 5.00. The van der Waals surface area contributed by atoms with E-state index in [4.69, 9.17) is 0 Å². The molecule has 124 valence electrons. The maximum atomic E-state index is 12.8. The molecule has 0 spiro atoms. The molecule has 2 aliphatic rings. The topological polar surface area (TPSA) is 59.0 Å². The number of amides is 1. The molecule has 3 heterocycles. The third kappa shape index (κ3) is 2.90. The predicted octanol–water partition coefficient (Wildman–Crippen LogP) is 2.55.